The lowest BCUT2D eigenvalue weighted by molar-refractivity contribution is -0.118. The van der Waals surface area contributed by atoms with Crippen molar-refractivity contribution in [2.45, 2.75) is 25.8 Å². The van der Waals surface area contributed by atoms with Gasteiger partial charge >= 0.3 is 0 Å². The van der Waals surface area contributed by atoms with Gasteiger partial charge in [0.2, 0.25) is 0 Å². The molecule has 0 spiro atoms. The van der Waals surface area contributed by atoms with Crippen LogP contribution in [-0.2, 0) is 9.53 Å². The number of hydrogen-bond acceptors (Lipinski definition) is 4. The van der Waals surface area contributed by atoms with Gasteiger partial charge in [0.05, 0.1) is 16.8 Å². The van der Waals surface area contributed by atoms with Crippen LogP contribution in [0.5, 0.6) is 5.75 Å². The number of nitrogens with zero attached hydrogens (tertiary/aromatic N) is 2. The number of ether oxygens (including phenoxy) is 2. The number of carbonyl (C=O) groups is 1. The van der Waals surface area contributed by atoms with Gasteiger partial charge in [-0.15, -0.1) is 0 Å². The van der Waals surface area contributed by atoms with Crippen LogP contribution in [-0.4, -0.2) is 35.5 Å². The van der Waals surface area contributed by atoms with Crippen LogP contribution < -0.4 is 10.1 Å². The highest BCUT2D eigenvalue weighted by Gasteiger charge is 2.20. The number of nitrogens with one attached hydrogen (secondary N) is 1. The van der Waals surface area contributed by atoms with E-state index in [2.05, 4.69) is 10.4 Å². The van der Waals surface area contributed by atoms with Gasteiger partial charge in [0, 0.05) is 24.3 Å². The van der Waals surface area contributed by atoms with E-state index >= 15 is 0 Å². The van der Waals surface area contributed by atoms with E-state index in [0.29, 0.717) is 34.8 Å². The summed E-state index contributed by atoms with van der Waals surface area (Å²) >= 11 is 11.9. The number of carbonyl (C=O) groups excluding carboxylic acids is 1. The third kappa shape index (κ3) is 4.66. The Labute approximate surface area is 156 Å². The molecule has 1 aromatic heterocycles. The molecular formula is C17H19Cl2N3O3. The molecule has 0 aliphatic carbocycles. The number of benzene rings is 1. The molecule has 1 N–H and O–H groups in total. The molecule has 1 fully saturated rings. The van der Waals surface area contributed by atoms with Crippen molar-refractivity contribution < 1.29 is 14.3 Å². The maximum absolute atomic E-state index is 12.2. The molecule has 8 heteroatoms. The Morgan fingerprint density at radius 1 is 1.36 bits per heavy atom. The highest BCUT2D eigenvalue weighted by Crippen LogP contribution is 2.28. The quantitative estimate of drug-likeness (QED) is 0.850. The zero-order valence-electron chi connectivity index (χ0n) is 13.8. The molecule has 1 aliphatic heterocycles. The number of aryl methyl sites for hydroxylation is 1. The van der Waals surface area contributed by atoms with Crippen LogP contribution in [0.15, 0.2) is 24.3 Å². The van der Waals surface area contributed by atoms with Crippen LogP contribution in [0.3, 0.4) is 0 Å². The second-order valence-electron chi connectivity index (χ2n) is 5.87. The molecule has 25 heavy (non-hydrogen) atoms. The Kier molecular flexibility index (Phi) is 5.83. The smallest absolute Gasteiger partial charge is 0.263 e. The average molecular weight is 384 g/mol. The van der Waals surface area contributed by atoms with Crippen molar-refractivity contribution in [3.8, 4) is 5.75 Å². The highest BCUT2D eigenvalue weighted by molar-refractivity contribution is 6.35. The van der Waals surface area contributed by atoms with Gasteiger partial charge in [-0.05, 0) is 38.0 Å². The minimum atomic E-state index is -0.278. The van der Waals surface area contributed by atoms with Crippen molar-refractivity contribution in [3.63, 3.8) is 0 Å². The third-order valence-electron chi connectivity index (χ3n) is 3.91. The van der Waals surface area contributed by atoms with Crippen molar-refractivity contribution in [2.75, 3.05) is 25.1 Å². The van der Waals surface area contributed by atoms with Crippen LogP contribution in [0.2, 0.25) is 10.0 Å². The summed E-state index contributed by atoms with van der Waals surface area (Å²) in [4.78, 5) is 12.2. The second-order valence-corrected chi connectivity index (χ2v) is 6.71. The summed E-state index contributed by atoms with van der Waals surface area (Å²) in [5.41, 5.74) is 0.850. The molecule has 1 saturated heterocycles. The van der Waals surface area contributed by atoms with Crippen LogP contribution in [0.1, 0.15) is 24.6 Å². The van der Waals surface area contributed by atoms with E-state index < -0.39 is 0 Å². The Hall–Kier alpha value is -1.76. The van der Waals surface area contributed by atoms with E-state index in [1.807, 2.05) is 17.7 Å². The summed E-state index contributed by atoms with van der Waals surface area (Å²) in [6.45, 7) is 3.15. The number of hydrogen-bond donors (Lipinski definition) is 1. The Bertz CT molecular complexity index is 758. The summed E-state index contributed by atoms with van der Waals surface area (Å²) in [6.07, 6.45) is 1.75. The minimum absolute atomic E-state index is 0.153. The summed E-state index contributed by atoms with van der Waals surface area (Å²) in [5.74, 6) is 0.801. The largest absolute Gasteiger partial charge is 0.482 e. The van der Waals surface area contributed by atoms with Crippen LogP contribution in [0, 0.1) is 6.92 Å². The molecular weight excluding hydrogens is 365 g/mol. The molecule has 0 bridgehead atoms. The summed E-state index contributed by atoms with van der Waals surface area (Å²) in [6, 6.07) is 6.94. The fraction of sp³-hybridized carbons (Fsp3) is 0.412. The maximum atomic E-state index is 12.2. The lowest BCUT2D eigenvalue weighted by Crippen LogP contribution is -2.26. The Balaban J connectivity index is 1.62. The normalized spacial score (nSPS) is 15.2. The minimum Gasteiger partial charge on any atom is -0.482 e. The van der Waals surface area contributed by atoms with Gasteiger partial charge in [-0.25, -0.2) is 4.68 Å². The first-order valence-corrected chi connectivity index (χ1v) is 8.80. The first-order chi connectivity index (χ1) is 12.0. The SMILES string of the molecule is Cc1cc(NC(=O)COc2ccc(Cl)cc2Cl)n(C2CCOCC2)n1. The van der Waals surface area contributed by atoms with Crippen LogP contribution in [0.25, 0.3) is 0 Å². The highest BCUT2D eigenvalue weighted by atomic mass is 35.5. The van der Waals surface area contributed by atoms with E-state index in [-0.39, 0.29) is 18.6 Å². The van der Waals surface area contributed by atoms with E-state index in [0.717, 1.165) is 18.5 Å². The molecule has 6 nitrogen and oxygen atoms in total. The van der Waals surface area contributed by atoms with E-state index in [1.54, 1.807) is 18.2 Å². The molecule has 3 rings (SSSR count). The molecule has 1 aromatic carbocycles. The summed E-state index contributed by atoms with van der Waals surface area (Å²) in [7, 11) is 0. The van der Waals surface area contributed by atoms with Crippen molar-refractivity contribution in [2.24, 2.45) is 0 Å². The van der Waals surface area contributed by atoms with Gasteiger partial charge in [0.25, 0.3) is 5.91 Å². The molecule has 0 unspecified atom stereocenters. The average Bonchev–Trinajstić information content (AvgIpc) is 2.95. The third-order valence-corrected chi connectivity index (χ3v) is 4.45. The molecule has 1 aliphatic rings. The predicted octanol–water partition coefficient (Wildman–Crippen LogP) is 3.87. The Morgan fingerprint density at radius 2 is 2.12 bits per heavy atom. The van der Waals surface area contributed by atoms with Gasteiger partial charge in [-0.3, -0.25) is 4.79 Å². The summed E-state index contributed by atoms with van der Waals surface area (Å²) < 4.78 is 12.7. The predicted molar refractivity (Wildman–Crippen MR) is 96.6 cm³/mol. The molecule has 2 aromatic rings. The van der Waals surface area contributed by atoms with Crippen molar-refractivity contribution in [3.05, 3.63) is 40.0 Å². The number of aromatic nitrogens is 2. The maximum Gasteiger partial charge on any atom is 0.263 e. The monoisotopic (exact) mass is 383 g/mol. The Morgan fingerprint density at radius 3 is 2.84 bits per heavy atom. The number of halogens is 2. The van der Waals surface area contributed by atoms with Crippen molar-refractivity contribution >= 4 is 34.9 Å². The van der Waals surface area contributed by atoms with Crippen molar-refractivity contribution in [1.82, 2.24) is 9.78 Å². The number of rotatable bonds is 5. The molecule has 2 heterocycles. The number of anilines is 1. The first kappa shape index (κ1) is 18.0. The van der Waals surface area contributed by atoms with Gasteiger partial charge in [-0.2, -0.15) is 5.10 Å². The van der Waals surface area contributed by atoms with Crippen LogP contribution in [0.4, 0.5) is 5.82 Å². The first-order valence-electron chi connectivity index (χ1n) is 8.04. The molecule has 0 radical (unpaired) electrons. The lowest BCUT2D eigenvalue weighted by atomic mass is 10.1. The van der Waals surface area contributed by atoms with Gasteiger partial charge < -0.3 is 14.8 Å². The van der Waals surface area contributed by atoms with Gasteiger partial charge in [0.1, 0.15) is 11.6 Å². The van der Waals surface area contributed by atoms with E-state index in [4.69, 9.17) is 32.7 Å². The zero-order valence-corrected chi connectivity index (χ0v) is 15.3. The van der Waals surface area contributed by atoms with E-state index in [9.17, 15) is 4.79 Å². The fourth-order valence-electron chi connectivity index (χ4n) is 2.73. The van der Waals surface area contributed by atoms with Crippen molar-refractivity contribution in [1.29, 1.82) is 0 Å². The van der Waals surface area contributed by atoms with Gasteiger partial charge in [-0.1, -0.05) is 23.2 Å². The second kappa shape index (κ2) is 8.08. The zero-order chi connectivity index (χ0) is 17.8. The molecule has 0 saturated carbocycles. The standard InChI is InChI=1S/C17H19Cl2N3O3/c1-11-8-16(22(21-11)13-4-6-24-7-5-13)20-17(23)10-25-15-3-2-12(18)9-14(15)19/h2-3,8-9,13H,4-7,10H2,1H3,(H,20,23). The van der Waals surface area contributed by atoms with Gasteiger partial charge in [0.15, 0.2) is 6.61 Å². The number of amides is 1. The topological polar surface area (TPSA) is 65.4 Å². The van der Waals surface area contributed by atoms with Crippen LogP contribution >= 0.6 is 23.2 Å². The lowest BCUT2D eigenvalue weighted by Gasteiger charge is -2.24. The fourth-order valence-corrected chi connectivity index (χ4v) is 3.20. The molecule has 134 valence electrons. The molecule has 0 atom stereocenters. The molecule has 1 amide bonds. The summed E-state index contributed by atoms with van der Waals surface area (Å²) in [5, 5.41) is 8.23. The van der Waals surface area contributed by atoms with E-state index in [1.165, 1.54) is 0 Å².